The Hall–Kier alpha value is -2.50. The van der Waals surface area contributed by atoms with Crippen LogP contribution in [-0.4, -0.2) is 13.1 Å². The molecule has 2 heterocycles. The predicted octanol–water partition coefficient (Wildman–Crippen LogP) is 10.1. The summed E-state index contributed by atoms with van der Waals surface area (Å²) in [7, 11) is 0. The smallest absolute Gasteiger partial charge is 0.0741 e. The molecular formula is C40H44N2S2. The highest BCUT2D eigenvalue weighted by atomic mass is 32.2. The highest BCUT2D eigenvalue weighted by molar-refractivity contribution is 7.99. The van der Waals surface area contributed by atoms with E-state index in [1.807, 2.05) is 23.5 Å². The normalized spacial score (nSPS) is 20.6. The van der Waals surface area contributed by atoms with Gasteiger partial charge in [-0.3, -0.25) is 0 Å². The Bertz CT molecular complexity index is 1410. The topological polar surface area (TPSA) is 24.1 Å². The van der Waals surface area contributed by atoms with Crippen molar-refractivity contribution in [2.24, 2.45) is 11.8 Å². The number of nitrogens with one attached hydrogen (secondary N) is 2. The van der Waals surface area contributed by atoms with Crippen LogP contribution in [0.15, 0.2) is 117 Å². The maximum atomic E-state index is 4.34. The van der Waals surface area contributed by atoms with Crippen molar-refractivity contribution in [1.29, 1.82) is 0 Å². The summed E-state index contributed by atoms with van der Waals surface area (Å²) in [6.45, 7) is 1.85. The Balaban J connectivity index is 1.17. The fraction of sp³-hybridized carbons (Fsp3) is 0.400. The molecule has 2 fully saturated rings. The van der Waals surface area contributed by atoms with Crippen molar-refractivity contribution >= 4 is 23.5 Å². The summed E-state index contributed by atoms with van der Waals surface area (Å²) in [5.74, 6) is 1.19. The molecule has 0 amide bonds. The molecule has 0 bridgehead atoms. The predicted molar refractivity (Wildman–Crippen MR) is 185 cm³/mol. The summed E-state index contributed by atoms with van der Waals surface area (Å²) in [6.07, 6.45) is 13.2. The minimum absolute atomic E-state index is 0.156. The molecule has 2 nitrogen and oxygen atoms in total. The first-order valence-corrected chi connectivity index (χ1v) is 18.7. The zero-order chi connectivity index (χ0) is 29.4. The van der Waals surface area contributed by atoms with Gasteiger partial charge in [-0.2, -0.15) is 0 Å². The Morgan fingerprint density at radius 3 is 1.05 bits per heavy atom. The van der Waals surface area contributed by atoms with E-state index in [-0.39, 0.29) is 11.1 Å². The van der Waals surface area contributed by atoms with Gasteiger partial charge in [0.2, 0.25) is 0 Å². The number of hydrogen-bond acceptors (Lipinski definition) is 4. The lowest BCUT2D eigenvalue weighted by molar-refractivity contribution is 0.174. The van der Waals surface area contributed by atoms with Crippen LogP contribution < -0.4 is 10.6 Å². The molecule has 4 aromatic carbocycles. The van der Waals surface area contributed by atoms with Gasteiger partial charge in [0.1, 0.15) is 0 Å². The first kappa shape index (κ1) is 28.9. The number of benzene rings is 4. The second kappa shape index (κ2) is 12.4. The van der Waals surface area contributed by atoms with Crippen LogP contribution in [0, 0.1) is 11.8 Å². The maximum absolute atomic E-state index is 4.34. The van der Waals surface area contributed by atoms with Gasteiger partial charge in [-0.05, 0) is 84.0 Å². The van der Waals surface area contributed by atoms with Crippen LogP contribution in [0.5, 0.6) is 0 Å². The average molecular weight is 617 g/mol. The fourth-order valence-electron chi connectivity index (χ4n) is 9.19. The van der Waals surface area contributed by atoms with Crippen molar-refractivity contribution in [2.75, 3.05) is 13.1 Å². The van der Waals surface area contributed by atoms with Crippen molar-refractivity contribution < 1.29 is 0 Å². The van der Waals surface area contributed by atoms with E-state index in [2.05, 4.69) is 108 Å². The van der Waals surface area contributed by atoms with Crippen LogP contribution in [0.2, 0.25) is 0 Å². The average Bonchev–Trinajstić information content (AvgIpc) is 3.10. The first-order valence-electron chi connectivity index (χ1n) is 17.0. The van der Waals surface area contributed by atoms with Gasteiger partial charge in [-0.1, -0.05) is 135 Å². The molecule has 2 aliphatic heterocycles. The van der Waals surface area contributed by atoms with Gasteiger partial charge in [0.05, 0.1) is 11.1 Å². The minimum atomic E-state index is -0.156. The van der Waals surface area contributed by atoms with Crippen LogP contribution in [0.25, 0.3) is 0 Å². The monoisotopic (exact) mass is 616 g/mol. The molecule has 0 aromatic heterocycles. The van der Waals surface area contributed by atoms with E-state index in [9.17, 15) is 0 Å². The number of rotatable bonds is 7. The van der Waals surface area contributed by atoms with E-state index in [0.717, 1.165) is 13.1 Å². The minimum Gasteiger partial charge on any atom is -0.302 e. The molecule has 4 aliphatic rings. The summed E-state index contributed by atoms with van der Waals surface area (Å²) in [6, 6.07) is 37.0. The molecule has 4 heteroatoms. The number of fused-ring (bicyclic) bond motifs is 4. The highest BCUT2D eigenvalue weighted by Crippen LogP contribution is 2.55. The van der Waals surface area contributed by atoms with Gasteiger partial charge in [0, 0.05) is 32.7 Å². The van der Waals surface area contributed by atoms with Crippen molar-refractivity contribution in [1.82, 2.24) is 10.6 Å². The van der Waals surface area contributed by atoms with E-state index in [0.29, 0.717) is 11.8 Å². The molecule has 0 spiro atoms. The Kier molecular flexibility index (Phi) is 8.13. The Morgan fingerprint density at radius 2 is 0.727 bits per heavy atom. The molecule has 2 aliphatic carbocycles. The number of hydrogen-bond donors (Lipinski definition) is 2. The molecule has 0 radical (unpaired) electrons. The van der Waals surface area contributed by atoms with Crippen molar-refractivity contribution in [3.63, 3.8) is 0 Å². The van der Waals surface area contributed by atoms with Crippen LogP contribution in [0.4, 0.5) is 0 Å². The van der Waals surface area contributed by atoms with Gasteiger partial charge in [0.25, 0.3) is 0 Å². The van der Waals surface area contributed by atoms with Crippen molar-refractivity contribution in [2.45, 2.75) is 94.9 Å². The quantitative estimate of drug-likeness (QED) is 0.202. The summed E-state index contributed by atoms with van der Waals surface area (Å²) in [4.78, 5) is 5.68. The third-order valence-electron chi connectivity index (χ3n) is 11.1. The van der Waals surface area contributed by atoms with Gasteiger partial charge < -0.3 is 10.6 Å². The van der Waals surface area contributed by atoms with Gasteiger partial charge in [-0.25, -0.2) is 0 Å². The molecule has 226 valence electrons. The van der Waals surface area contributed by atoms with Crippen LogP contribution in [0.1, 0.15) is 86.5 Å². The molecule has 0 atom stereocenters. The lowest BCUT2D eigenvalue weighted by Gasteiger charge is -2.49. The van der Waals surface area contributed by atoms with E-state index < -0.39 is 0 Å². The van der Waals surface area contributed by atoms with E-state index in [1.165, 1.54) is 106 Å². The zero-order valence-electron chi connectivity index (χ0n) is 25.7. The summed E-state index contributed by atoms with van der Waals surface area (Å²) in [5, 5.41) is 8.69. The molecule has 44 heavy (non-hydrogen) atoms. The lowest BCUT2D eigenvalue weighted by atomic mass is 9.66. The summed E-state index contributed by atoms with van der Waals surface area (Å²) in [5.41, 5.74) is 5.64. The second-order valence-electron chi connectivity index (χ2n) is 13.3. The standard InChI is InChI=1S/C40H44N2S2/c1-3-15-29(16-4-1)39(31-19-7-11-23-35(31)43-36-24-12-8-20-32(36)39)41-27-28-42-40(30-17-5-2-6-18-30)33-21-9-13-25-37(33)44-38-26-14-10-22-34(38)40/h7-14,19-26,29-30,41-42H,1-6,15-18,27-28H2. The van der Waals surface area contributed by atoms with Gasteiger partial charge in [-0.15, -0.1) is 0 Å². The fourth-order valence-corrected chi connectivity index (χ4v) is 11.6. The molecule has 2 saturated carbocycles. The molecule has 4 aromatic rings. The van der Waals surface area contributed by atoms with Crippen LogP contribution in [-0.2, 0) is 11.1 Å². The third-order valence-corrected chi connectivity index (χ3v) is 13.4. The van der Waals surface area contributed by atoms with E-state index >= 15 is 0 Å². The Morgan fingerprint density at radius 1 is 0.432 bits per heavy atom. The van der Waals surface area contributed by atoms with Gasteiger partial charge in [0.15, 0.2) is 0 Å². The Labute approximate surface area is 272 Å². The van der Waals surface area contributed by atoms with E-state index in [1.54, 1.807) is 0 Å². The van der Waals surface area contributed by atoms with Crippen molar-refractivity contribution in [3.8, 4) is 0 Å². The molecular weight excluding hydrogens is 573 g/mol. The SMILES string of the molecule is c1ccc2c(c1)Sc1ccccc1C2(NCCNC1(C2CCCCC2)c2ccccc2Sc2ccccc21)C1CCCCC1. The highest BCUT2D eigenvalue weighted by Gasteiger charge is 2.49. The first-order chi connectivity index (χ1) is 21.8. The van der Waals surface area contributed by atoms with Crippen LogP contribution >= 0.6 is 23.5 Å². The summed E-state index contributed by atoms with van der Waals surface area (Å²) < 4.78 is 0. The van der Waals surface area contributed by atoms with Gasteiger partial charge >= 0.3 is 0 Å². The second-order valence-corrected chi connectivity index (χ2v) is 15.5. The third kappa shape index (κ3) is 4.80. The zero-order valence-corrected chi connectivity index (χ0v) is 27.3. The molecule has 0 saturated heterocycles. The lowest BCUT2D eigenvalue weighted by Crippen LogP contribution is -2.56. The maximum Gasteiger partial charge on any atom is 0.0741 e. The summed E-state index contributed by atoms with van der Waals surface area (Å²) >= 11 is 3.91. The molecule has 2 N–H and O–H groups in total. The van der Waals surface area contributed by atoms with E-state index in [4.69, 9.17) is 0 Å². The molecule has 8 rings (SSSR count). The molecule has 0 unspecified atom stereocenters. The van der Waals surface area contributed by atoms with Crippen LogP contribution in [0.3, 0.4) is 0 Å². The van der Waals surface area contributed by atoms with Crippen molar-refractivity contribution in [3.05, 3.63) is 119 Å². The largest absolute Gasteiger partial charge is 0.302 e.